The lowest BCUT2D eigenvalue weighted by Crippen LogP contribution is -2.40. The van der Waals surface area contributed by atoms with Crippen LogP contribution in [0.3, 0.4) is 0 Å². The third-order valence-electron chi connectivity index (χ3n) is 11.3. The Balaban J connectivity index is 4.11. The van der Waals surface area contributed by atoms with Gasteiger partial charge in [0.25, 0.3) is 0 Å². The molecule has 330 valence electrons. The quantitative estimate of drug-likeness (QED) is 0.0321. The van der Waals surface area contributed by atoms with Crippen molar-refractivity contribution in [1.82, 2.24) is 5.32 Å². The number of carbonyl (C=O) groups excluding carboxylic acids is 2. The first-order valence-electron chi connectivity index (χ1n) is 24.5. The van der Waals surface area contributed by atoms with Gasteiger partial charge in [0.1, 0.15) is 12.1 Å². The second kappa shape index (κ2) is 44.2. The monoisotopic (exact) mass is 791 g/mol. The van der Waals surface area contributed by atoms with Crippen LogP contribution >= 0.6 is 0 Å². The second-order valence-electron chi connectivity index (χ2n) is 16.9. The fourth-order valence-electron chi connectivity index (χ4n) is 7.62. The van der Waals surface area contributed by atoms with Gasteiger partial charge in [-0.05, 0) is 83.6 Å². The molecule has 2 atom stereocenters. The summed E-state index contributed by atoms with van der Waals surface area (Å²) in [6.45, 7) is 4.96. The first-order valence-corrected chi connectivity index (χ1v) is 24.5. The van der Waals surface area contributed by atoms with Crippen molar-refractivity contribution in [3.8, 4) is 0 Å². The van der Waals surface area contributed by atoms with E-state index in [2.05, 4.69) is 31.3 Å². The van der Waals surface area contributed by atoms with Crippen molar-refractivity contribution in [2.24, 2.45) is 5.73 Å². The van der Waals surface area contributed by atoms with E-state index in [1.165, 1.54) is 161 Å². The Morgan fingerprint density at radius 2 is 0.875 bits per heavy atom. The van der Waals surface area contributed by atoms with Crippen LogP contribution in [0, 0.1) is 0 Å². The van der Waals surface area contributed by atoms with Crippen molar-refractivity contribution in [1.29, 1.82) is 0 Å². The number of carboxylic acid groups (broad SMARTS) is 1. The number of ether oxygens (including phenoxy) is 1. The zero-order valence-electron chi connectivity index (χ0n) is 37.3. The molecule has 0 fully saturated rings. The molecule has 0 aromatic carbocycles. The van der Waals surface area contributed by atoms with E-state index in [0.717, 1.165) is 64.2 Å². The summed E-state index contributed by atoms with van der Waals surface area (Å²) in [6, 6.07) is -0.853. The zero-order valence-corrected chi connectivity index (χ0v) is 37.3. The molecule has 0 aromatic rings. The SMILES string of the molecule is CCCCCCCCCC/C=C\CCCCCCCCCCCC(=O)OC(CCCCCCCCCCC)CCCCCCCC(=O)NC(CCCN)C(=O)O. The van der Waals surface area contributed by atoms with Crippen molar-refractivity contribution >= 4 is 17.8 Å². The molecule has 56 heavy (non-hydrogen) atoms. The van der Waals surface area contributed by atoms with Gasteiger partial charge in [0, 0.05) is 12.8 Å². The number of esters is 1. The Labute approximate surface area is 347 Å². The highest BCUT2D eigenvalue weighted by Gasteiger charge is 2.19. The number of carboxylic acids is 1. The number of allylic oxidation sites excluding steroid dienone is 2. The highest BCUT2D eigenvalue weighted by molar-refractivity contribution is 5.83. The van der Waals surface area contributed by atoms with Gasteiger partial charge in [0.2, 0.25) is 5.91 Å². The minimum absolute atomic E-state index is 0.0182. The molecule has 0 saturated heterocycles. The molecule has 0 aromatic heterocycles. The molecule has 0 heterocycles. The Hall–Kier alpha value is -1.89. The number of amides is 1. The van der Waals surface area contributed by atoms with Crippen LogP contribution in [-0.2, 0) is 19.1 Å². The summed E-state index contributed by atoms with van der Waals surface area (Å²) in [7, 11) is 0. The molecular weight excluding hydrogens is 697 g/mol. The van der Waals surface area contributed by atoms with Crippen LogP contribution < -0.4 is 11.1 Å². The van der Waals surface area contributed by atoms with E-state index in [1.54, 1.807) is 0 Å². The topological polar surface area (TPSA) is 119 Å². The molecule has 0 aliphatic heterocycles. The summed E-state index contributed by atoms with van der Waals surface area (Å²) in [5.74, 6) is -1.22. The van der Waals surface area contributed by atoms with Crippen molar-refractivity contribution < 1.29 is 24.2 Å². The van der Waals surface area contributed by atoms with Crippen LogP contribution in [0.25, 0.3) is 0 Å². The van der Waals surface area contributed by atoms with Gasteiger partial charge in [0.05, 0.1) is 0 Å². The number of hydrogen-bond acceptors (Lipinski definition) is 5. The summed E-state index contributed by atoms with van der Waals surface area (Å²) in [5.41, 5.74) is 5.49. The summed E-state index contributed by atoms with van der Waals surface area (Å²) in [5, 5.41) is 11.9. The minimum atomic E-state index is -1.00. The maximum atomic E-state index is 12.8. The third kappa shape index (κ3) is 40.3. The van der Waals surface area contributed by atoms with Crippen LogP contribution in [0.2, 0.25) is 0 Å². The number of nitrogens with two attached hydrogens (primary N) is 1. The Bertz CT molecular complexity index is 894. The number of hydrogen-bond donors (Lipinski definition) is 3. The van der Waals surface area contributed by atoms with Crippen LogP contribution in [0.5, 0.6) is 0 Å². The summed E-state index contributed by atoms with van der Waals surface area (Å²) < 4.78 is 6.06. The molecule has 0 bridgehead atoms. The first-order chi connectivity index (χ1) is 27.4. The van der Waals surface area contributed by atoms with Crippen LogP contribution in [0.1, 0.15) is 264 Å². The average Bonchev–Trinajstić information content (AvgIpc) is 3.18. The Morgan fingerprint density at radius 3 is 1.29 bits per heavy atom. The summed E-state index contributed by atoms with van der Waals surface area (Å²) in [6.07, 6.45) is 49.9. The van der Waals surface area contributed by atoms with E-state index in [-0.39, 0.29) is 18.0 Å². The average molecular weight is 791 g/mol. The van der Waals surface area contributed by atoms with Crippen molar-refractivity contribution in [2.45, 2.75) is 276 Å². The predicted molar refractivity (Wildman–Crippen MR) is 239 cm³/mol. The van der Waals surface area contributed by atoms with E-state index in [1.807, 2.05) is 0 Å². The van der Waals surface area contributed by atoms with E-state index in [0.29, 0.717) is 32.2 Å². The fourth-order valence-corrected chi connectivity index (χ4v) is 7.62. The lowest BCUT2D eigenvalue weighted by molar-refractivity contribution is -0.150. The molecule has 4 N–H and O–H groups in total. The normalized spacial score (nSPS) is 12.6. The Morgan fingerprint density at radius 1 is 0.500 bits per heavy atom. The van der Waals surface area contributed by atoms with Gasteiger partial charge in [-0.15, -0.1) is 0 Å². The maximum absolute atomic E-state index is 12.8. The predicted octanol–water partition coefficient (Wildman–Crippen LogP) is 14.2. The summed E-state index contributed by atoms with van der Waals surface area (Å²) >= 11 is 0. The number of carbonyl (C=O) groups is 3. The van der Waals surface area contributed by atoms with Gasteiger partial charge >= 0.3 is 11.9 Å². The molecule has 0 spiro atoms. The smallest absolute Gasteiger partial charge is 0.326 e. The van der Waals surface area contributed by atoms with E-state index < -0.39 is 12.0 Å². The molecule has 2 unspecified atom stereocenters. The molecule has 0 rings (SSSR count). The third-order valence-corrected chi connectivity index (χ3v) is 11.3. The largest absolute Gasteiger partial charge is 0.480 e. The molecule has 0 aliphatic rings. The van der Waals surface area contributed by atoms with Gasteiger partial charge in [0.15, 0.2) is 0 Å². The molecule has 0 aliphatic carbocycles. The fraction of sp³-hybridized carbons (Fsp3) is 0.898. The van der Waals surface area contributed by atoms with Crippen LogP contribution in [0.15, 0.2) is 12.2 Å². The highest BCUT2D eigenvalue weighted by Crippen LogP contribution is 2.19. The number of aliphatic carboxylic acids is 1. The second-order valence-corrected chi connectivity index (χ2v) is 16.9. The first kappa shape index (κ1) is 54.1. The van der Waals surface area contributed by atoms with E-state index in [4.69, 9.17) is 10.5 Å². The molecule has 0 radical (unpaired) electrons. The van der Waals surface area contributed by atoms with Gasteiger partial charge in [-0.1, -0.05) is 187 Å². The van der Waals surface area contributed by atoms with Gasteiger partial charge in [-0.2, -0.15) is 0 Å². The molecular formula is C49H94N2O5. The van der Waals surface area contributed by atoms with E-state index >= 15 is 0 Å². The van der Waals surface area contributed by atoms with Crippen molar-refractivity contribution in [3.63, 3.8) is 0 Å². The standard InChI is InChI=1S/C49H94N2O5/c1-3-5-7-9-11-13-14-15-16-17-18-19-20-21-22-23-24-26-28-33-37-43-48(53)56-45(39-34-30-27-25-12-10-8-6-4-2)40-35-31-29-32-36-42-47(52)51-46(49(54)55)41-38-44-50/h17-18,45-46H,3-16,19-44,50H2,1-2H3,(H,51,52)(H,54,55)/b18-17-. The maximum Gasteiger partial charge on any atom is 0.326 e. The number of unbranched alkanes of at least 4 members (excludes halogenated alkanes) is 29. The van der Waals surface area contributed by atoms with Gasteiger partial charge in [-0.3, -0.25) is 9.59 Å². The molecule has 1 amide bonds. The molecule has 7 nitrogen and oxygen atoms in total. The summed E-state index contributed by atoms with van der Waals surface area (Å²) in [4.78, 5) is 36.4. The number of rotatable bonds is 45. The van der Waals surface area contributed by atoms with Crippen LogP contribution in [-0.4, -0.2) is 41.6 Å². The molecule has 0 saturated carbocycles. The zero-order chi connectivity index (χ0) is 41.0. The minimum Gasteiger partial charge on any atom is -0.480 e. The van der Waals surface area contributed by atoms with E-state index in [9.17, 15) is 19.5 Å². The lowest BCUT2D eigenvalue weighted by Gasteiger charge is -2.18. The number of nitrogens with one attached hydrogen (secondary N) is 1. The van der Waals surface area contributed by atoms with Gasteiger partial charge < -0.3 is 20.9 Å². The molecule has 7 heteroatoms. The highest BCUT2D eigenvalue weighted by atomic mass is 16.5. The van der Waals surface area contributed by atoms with Crippen molar-refractivity contribution in [3.05, 3.63) is 12.2 Å². The lowest BCUT2D eigenvalue weighted by atomic mass is 10.0. The van der Waals surface area contributed by atoms with Crippen LogP contribution in [0.4, 0.5) is 0 Å². The Kier molecular flexibility index (Phi) is 42.7. The van der Waals surface area contributed by atoms with Gasteiger partial charge in [-0.25, -0.2) is 4.79 Å². The van der Waals surface area contributed by atoms with Crippen molar-refractivity contribution in [2.75, 3.05) is 6.54 Å².